The zero-order valence-electron chi connectivity index (χ0n) is 15.0. The SMILES string of the molecule is CC(C)N(C[C@@H]1CCCCN1C(=O)CCl)C(=O)OCc1ccccc1. The van der Waals surface area contributed by atoms with E-state index in [1.54, 1.807) is 4.90 Å². The third-order valence-electron chi connectivity index (χ3n) is 4.53. The first-order chi connectivity index (χ1) is 12.0. The lowest BCUT2D eigenvalue weighted by molar-refractivity contribution is -0.132. The number of benzene rings is 1. The average molecular weight is 367 g/mol. The monoisotopic (exact) mass is 366 g/mol. The second kappa shape index (κ2) is 9.66. The van der Waals surface area contributed by atoms with E-state index >= 15 is 0 Å². The van der Waals surface area contributed by atoms with E-state index in [1.807, 2.05) is 49.1 Å². The summed E-state index contributed by atoms with van der Waals surface area (Å²) in [5, 5.41) is 0. The zero-order valence-corrected chi connectivity index (χ0v) is 15.7. The fourth-order valence-corrected chi connectivity index (χ4v) is 3.27. The Morgan fingerprint density at radius 2 is 2.00 bits per heavy atom. The van der Waals surface area contributed by atoms with Gasteiger partial charge in [0.15, 0.2) is 0 Å². The predicted molar refractivity (Wildman–Crippen MR) is 98.5 cm³/mol. The third-order valence-corrected chi connectivity index (χ3v) is 4.76. The van der Waals surface area contributed by atoms with E-state index in [2.05, 4.69) is 0 Å². The van der Waals surface area contributed by atoms with Crippen molar-refractivity contribution in [1.29, 1.82) is 0 Å². The van der Waals surface area contributed by atoms with Crippen LogP contribution in [0.4, 0.5) is 4.79 Å². The van der Waals surface area contributed by atoms with Crippen molar-refractivity contribution in [2.24, 2.45) is 0 Å². The van der Waals surface area contributed by atoms with Gasteiger partial charge in [-0.3, -0.25) is 4.79 Å². The minimum Gasteiger partial charge on any atom is -0.445 e. The van der Waals surface area contributed by atoms with Crippen LogP contribution in [0.2, 0.25) is 0 Å². The van der Waals surface area contributed by atoms with Gasteiger partial charge in [-0.25, -0.2) is 4.79 Å². The molecule has 25 heavy (non-hydrogen) atoms. The van der Waals surface area contributed by atoms with E-state index in [0.29, 0.717) is 13.1 Å². The van der Waals surface area contributed by atoms with Crippen LogP contribution in [0.1, 0.15) is 38.7 Å². The molecule has 0 saturated carbocycles. The fraction of sp³-hybridized carbons (Fsp3) is 0.579. The number of amides is 2. The predicted octanol–water partition coefficient (Wildman–Crippen LogP) is 3.65. The van der Waals surface area contributed by atoms with Crippen LogP contribution >= 0.6 is 11.6 Å². The molecule has 1 aliphatic rings. The molecule has 0 N–H and O–H groups in total. The Balaban J connectivity index is 1.98. The van der Waals surface area contributed by atoms with Crippen LogP contribution in [0.3, 0.4) is 0 Å². The molecule has 5 nitrogen and oxygen atoms in total. The maximum Gasteiger partial charge on any atom is 0.410 e. The molecule has 0 aromatic heterocycles. The standard InChI is InChI=1S/C19H27ClN2O3/c1-15(2)22(19(24)25-14-16-8-4-3-5-9-16)13-17-10-6-7-11-21(17)18(23)12-20/h3-5,8-9,15,17H,6-7,10-14H2,1-2H3/t17-/m0/s1. The van der Waals surface area contributed by atoms with E-state index in [0.717, 1.165) is 24.8 Å². The molecule has 0 spiro atoms. The highest BCUT2D eigenvalue weighted by Gasteiger charge is 2.30. The summed E-state index contributed by atoms with van der Waals surface area (Å²) in [4.78, 5) is 28.1. The summed E-state index contributed by atoms with van der Waals surface area (Å²) in [7, 11) is 0. The van der Waals surface area contributed by atoms with Gasteiger partial charge in [0.1, 0.15) is 12.5 Å². The number of nitrogens with zero attached hydrogens (tertiary/aromatic N) is 2. The quantitative estimate of drug-likeness (QED) is 0.722. The van der Waals surface area contributed by atoms with Crippen LogP contribution in [0.15, 0.2) is 30.3 Å². The summed E-state index contributed by atoms with van der Waals surface area (Å²) in [5.74, 6) is -0.0795. The van der Waals surface area contributed by atoms with Crippen molar-refractivity contribution >= 4 is 23.6 Å². The molecule has 0 radical (unpaired) electrons. The Bertz CT molecular complexity index is 565. The first kappa shape index (κ1) is 19.6. The van der Waals surface area contributed by atoms with Crippen LogP contribution in [-0.4, -0.2) is 52.9 Å². The summed E-state index contributed by atoms with van der Waals surface area (Å²) in [6.07, 6.45) is 2.58. The topological polar surface area (TPSA) is 49.9 Å². The summed E-state index contributed by atoms with van der Waals surface area (Å²) >= 11 is 5.73. The van der Waals surface area contributed by atoms with Crippen molar-refractivity contribution in [3.05, 3.63) is 35.9 Å². The van der Waals surface area contributed by atoms with Gasteiger partial charge >= 0.3 is 6.09 Å². The van der Waals surface area contributed by atoms with Gasteiger partial charge in [-0.05, 0) is 38.7 Å². The lowest BCUT2D eigenvalue weighted by Crippen LogP contribution is -2.52. The number of alkyl halides is 1. The summed E-state index contributed by atoms with van der Waals surface area (Å²) in [5.41, 5.74) is 0.955. The molecule has 1 fully saturated rings. The average Bonchev–Trinajstić information content (AvgIpc) is 2.64. The third kappa shape index (κ3) is 5.63. The van der Waals surface area contributed by atoms with Gasteiger partial charge in [0.2, 0.25) is 5.91 Å². The van der Waals surface area contributed by atoms with E-state index in [9.17, 15) is 9.59 Å². The van der Waals surface area contributed by atoms with Gasteiger partial charge in [0.05, 0.1) is 0 Å². The molecule has 1 aliphatic heterocycles. The van der Waals surface area contributed by atoms with Gasteiger partial charge in [-0.15, -0.1) is 11.6 Å². The highest BCUT2D eigenvalue weighted by atomic mass is 35.5. The number of rotatable bonds is 6. The molecule has 1 heterocycles. The Hall–Kier alpha value is -1.75. The lowest BCUT2D eigenvalue weighted by Gasteiger charge is -2.39. The van der Waals surface area contributed by atoms with Crippen LogP contribution in [0.25, 0.3) is 0 Å². The molecule has 2 rings (SSSR count). The maximum atomic E-state index is 12.6. The Labute approximate surface area is 154 Å². The molecule has 1 saturated heterocycles. The second-order valence-corrected chi connectivity index (χ2v) is 6.92. The van der Waals surface area contributed by atoms with E-state index in [-0.39, 0.29) is 36.6 Å². The Morgan fingerprint density at radius 3 is 2.64 bits per heavy atom. The van der Waals surface area contributed by atoms with Crippen molar-refractivity contribution < 1.29 is 14.3 Å². The number of hydrogen-bond donors (Lipinski definition) is 0. The number of ether oxygens (including phenoxy) is 1. The van der Waals surface area contributed by atoms with Crippen LogP contribution < -0.4 is 0 Å². The van der Waals surface area contributed by atoms with Gasteiger partial charge in [0, 0.05) is 25.2 Å². The number of carbonyl (C=O) groups excluding carboxylic acids is 2. The minimum atomic E-state index is -0.345. The van der Waals surface area contributed by atoms with Crippen LogP contribution in [0.5, 0.6) is 0 Å². The normalized spacial score (nSPS) is 17.4. The van der Waals surface area contributed by atoms with Gasteiger partial charge in [-0.1, -0.05) is 30.3 Å². The van der Waals surface area contributed by atoms with Gasteiger partial charge in [0.25, 0.3) is 0 Å². The highest BCUT2D eigenvalue weighted by Crippen LogP contribution is 2.20. The van der Waals surface area contributed by atoms with Crippen molar-refractivity contribution in [2.45, 2.75) is 51.8 Å². The molecule has 138 valence electrons. The first-order valence-corrected chi connectivity index (χ1v) is 9.39. The van der Waals surface area contributed by atoms with E-state index in [1.165, 1.54) is 0 Å². The molecular weight excluding hydrogens is 340 g/mol. The zero-order chi connectivity index (χ0) is 18.2. The van der Waals surface area contributed by atoms with Crippen LogP contribution in [-0.2, 0) is 16.1 Å². The summed E-state index contributed by atoms with van der Waals surface area (Å²) in [6.45, 7) is 5.35. The van der Waals surface area contributed by atoms with Crippen molar-refractivity contribution in [3.8, 4) is 0 Å². The highest BCUT2D eigenvalue weighted by molar-refractivity contribution is 6.27. The van der Waals surface area contributed by atoms with Crippen LogP contribution in [0, 0.1) is 0 Å². The molecule has 6 heteroatoms. The minimum absolute atomic E-state index is 0.00171. The van der Waals surface area contributed by atoms with E-state index < -0.39 is 0 Å². The smallest absolute Gasteiger partial charge is 0.410 e. The first-order valence-electron chi connectivity index (χ1n) is 8.85. The van der Waals surface area contributed by atoms with Gasteiger partial charge in [-0.2, -0.15) is 0 Å². The lowest BCUT2D eigenvalue weighted by atomic mass is 10.0. The van der Waals surface area contributed by atoms with Crippen molar-refractivity contribution in [1.82, 2.24) is 9.80 Å². The molecule has 1 atom stereocenters. The molecule has 0 unspecified atom stereocenters. The fourth-order valence-electron chi connectivity index (χ4n) is 3.12. The molecular formula is C19H27ClN2O3. The molecule has 1 aromatic rings. The Morgan fingerprint density at radius 1 is 1.28 bits per heavy atom. The second-order valence-electron chi connectivity index (χ2n) is 6.66. The van der Waals surface area contributed by atoms with Crippen molar-refractivity contribution in [2.75, 3.05) is 19.0 Å². The molecule has 0 aliphatic carbocycles. The number of halogens is 1. The largest absolute Gasteiger partial charge is 0.445 e. The number of likely N-dealkylation sites (tertiary alicyclic amines) is 1. The number of carbonyl (C=O) groups is 2. The van der Waals surface area contributed by atoms with Gasteiger partial charge < -0.3 is 14.5 Å². The summed E-state index contributed by atoms with van der Waals surface area (Å²) in [6, 6.07) is 9.62. The van der Waals surface area contributed by atoms with Crippen molar-refractivity contribution in [3.63, 3.8) is 0 Å². The molecule has 0 bridgehead atoms. The summed E-state index contributed by atoms with van der Waals surface area (Å²) < 4.78 is 5.47. The molecule has 2 amide bonds. The molecule has 1 aromatic carbocycles. The number of hydrogen-bond acceptors (Lipinski definition) is 3. The maximum absolute atomic E-state index is 12.6. The Kier molecular flexibility index (Phi) is 7.56. The van der Waals surface area contributed by atoms with E-state index in [4.69, 9.17) is 16.3 Å². The number of piperidine rings is 1.